The van der Waals surface area contributed by atoms with Gasteiger partial charge in [0.15, 0.2) is 6.61 Å². The average molecular weight is 468 g/mol. The Morgan fingerprint density at radius 3 is 2.67 bits per heavy atom. The predicted molar refractivity (Wildman–Crippen MR) is 127 cm³/mol. The van der Waals surface area contributed by atoms with Crippen molar-refractivity contribution in [2.24, 2.45) is 0 Å². The molecule has 1 aliphatic rings. The van der Waals surface area contributed by atoms with E-state index in [0.717, 1.165) is 43.5 Å². The number of halogens is 1. The molecule has 33 heavy (non-hydrogen) atoms. The van der Waals surface area contributed by atoms with Gasteiger partial charge in [-0.1, -0.05) is 36.6 Å². The number of nitrogens with one attached hydrogen (secondary N) is 1. The first-order valence-electron chi connectivity index (χ1n) is 11.2. The number of amides is 1. The van der Waals surface area contributed by atoms with Crippen molar-refractivity contribution in [3.8, 4) is 0 Å². The number of fused-ring (bicyclic) bond motifs is 2. The maximum atomic E-state index is 12.9. The largest absolute Gasteiger partial charge is 0.452 e. The number of nitrogens with zero attached hydrogens (tertiary/aromatic N) is 2. The van der Waals surface area contributed by atoms with Gasteiger partial charge in [-0.3, -0.25) is 14.2 Å². The van der Waals surface area contributed by atoms with E-state index in [1.807, 2.05) is 12.1 Å². The van der Waals surface area contributed by atoms with Gasteiger partial charge in [0.2, 0.25) is 0 Å². The first-order valence-corrected chi connectivity index (χ1v) is 11.6. The molecule has 4 rings (SSSR count). The first kappa shape index (κ1) is 23.0. The summed E-state index contributed by atoms with van der Waals surface area (Å²) < 4.78 is 6.91. The SMILES string of the molecule is O=C(COC(=O)c1ccc2c(=O)n3c(nc2c1)CCCCCC3)NCCc1ccc(Cl)cc1. The van der Waals surface area contributed by atoms with Gasteiger partial charge in [0.05, 0.1) is 16.5 Å². The standard InChI is InChI=1S/C25H26ClN3O4/c26-19-9-6-17(7-10-19)12-13-27-23(30)16-33-25(32)18-8-11-20-21(15-18)28-22-5-3-1-2-4-14-29(22)24(20)31/h6-11,15H,1-5,12-14,16H2,(H,27,30). The third kappa shape index (κ3) is 5.79. The van der Waals surface area contributed by atoms with E-state index in [0.29, 0.717) is 35.4 Å². The van der Waals surface area contributed by atoms with Crippen molar-refractivity contribution in [3.05, 3.63) is 74.8 Å². The van der Waals surface area contributed by atoms with Crippen LogP contribution in [0.3, 0.4) is 0 Å². The molecule has 0 atom stereocenters. The summed E-state index contributed by atoms with van der Waals surface area (Å²) in [6, 6.07) is 12.1. The van der Waals surface area contributed by atoms with Gasteiger partial charge in [0.25, 0.3) is 11.5 Å². The Morgan fingerprint density at radius 2 is 1.85 bits per heavy atom. The zero-order valence-electron chi connectivity index (χ0n) is 18.3. The smallest absolute Gasteiger partial charge is 0.338 e. The summed E-state index contributed by atoms with van der Waals surface area (Å²) >= 11 is 5.86. The van der Waals surface area contributed by atoms with Gasteiger partial charge in [-0.05, 0) is 55.2 Å². The van der Waals surface area contributed by atoms with E-state index in [2.05, 4.69) is 10.3 Å². The summed E-state index contributed by atoms with van der Waals surface area (Å²) in [7, 11) is 0. The van der Waals surface area contributed by atoms with Crippen LogP contribution in [-0.4, -0.2) is 34.6 Å². The number of ether oxygens (including phenoxy) is 1. The number of rotatable bonds is 6. The summed E-state index contributed by atoms with van der Waals surface area (Å²) in [4.78, 5) is 42.1. The van der Waals surface area contributed by atoms with Crippen LogP contribution in [0.15, 0.2) is 47.3 Å². The lowest BCUT2D eigenvalue weighted by molar-refractivity contribution is -0.124. The topological polar surface area (TPSA) is 90.3 Å². The zero-order valence-corrected chi connectivity index (χ0v) is 19.1. The second-order valence-corrected chi connectivity index (χ2v) is 8.62. The van der Waals surface area contributed by atoms with Gasteiger partial charge in [-0.15, -0.1) is 0 Å². The van der Waals surface area contributed by atoms with Gasteiger partial charge in [-0.2, -0.15) is 0 Å². The minimum Gasteiger partial charge on any atom is -0.452 e. The van der Waals surface area contributed by atoms with Crippen molar-refractivity contribution in [1.82, 2.24) is 14.9 Å². The molecular formula is C25H26ClN3O4. The van der Waals surface area contributed by atoms with Crippen molar-refractivity contribution in [2.45, 2.75) is 45.1 Å². The van der Waals surface area contributed by atoms with Crippen LogP contribution >= 0.6 is 11.6 Å². The summed E-state index contributed by atoms with van der Waals surface area (Å²) in [6.45, 7) is 0.721. The molecule has 0 bridgehead atoms. The molecule has 7 nitrogen and oxygen atoms in total. The molecule has 0 spiro atoms. The van der Waals surface area contributed by atoms with Crippen LogP contribution in [0.4, 0.5) is 0 Å². The van der Waals surface area contributed by atoms with Gasteiger partial charge in [-0.25, -0.2) is 9.78 Å². The van der Waals surface area contributed by atoms with Crippen LogP contribution in [0.5, 0.6) is 0 Å². The Hall–Kier alpha value is -3.19. The predicted octanol–water partition coefficient (Wildman–Crippen LogP) is 3.68. The van der Waals surface area contributed by atoms with Crippen molar-refractivity contribution in [2.75, 3.05) is 13.2 Å². The van der Waals surface area contributed by atoms with E-state index in [1.54, 1.807) is 34.9 Å². The van der Waals surface area contributed by atoms with Crippen molar-refractivity contribution in [1.29, 1.82) is 0 Å². The Balaban J connectivity index is 1.36. The molecule has 1 amide bonds. The molecule has 172 valence electrons. The lowest BCUT2D eigenvalue weighted by Gasteiger charge is -2.16. The summed E-state index contributed by atoms with van der Waals surface area (Å²) in [5.41, 5.74) is 1.72. The van der Waals surface area contributed by atoms with Crippen molar-refractivity contribution in [3.63, 3.8) is 0 Å². The number of benzene rings is 2. The highest BCUT2D eigenvalue weighted by Crippen LogP contribution is 2.17. The van der Waals surface area contributed by atoms with Gasteiger partial charge in [0.1, 0.15) is 5.82 Å². The Labute approximate surface area is 196 Å². The molecule has 1 aliphatic heterocycles. The molecule has 0 aliphatic carbocycles. The molecule has 2 aromatic carbocycles. The zero-order chi connectivity index (χ0) is 23.2. The molecule has 0 radical (unpaired) electrons. The molecule has 0 fully saturated rings. The number of hydrogen-bond acceptors (Lipinski definition) is 5. The van der Waals surface area contributed by atoms with E-state index in [1.165, 1.54) is 0 Å². The van der Waals surface area contributed by atoms with Crippen molar-refractivity contribution < 1.29 is 14.3 Å². The number of hydrogen-bond donors (Lipinski definition) is 1. The number of aryl methyl sites for hydroxylation is 1. The second-order valence-electron chi connectivity index (χ2n) is 8.18. The van der Waals surface area contributed by atoms with E-state index in [-0.39, 0.29) is 23.6 Å². The molecule has 2 heterocycles. The van der Waals surface area contributed by atoms with E-state index in [4.69, 9.17) is 16.3 Å². The normalized spacial score (nSPS) is 13.6. The van der Waals surface area contributed by atoms with E-state index < -0.39 is 5.97 Å². The van der Waals surface area contributed by atoms with Crippen LogP contribution in [0.1, 0.15) is 47.4 Å². The van der Waals surface area contributed by atoms with Gasteiger partial charge >= 0.3 is 5.97 Å². The van der Waals surface area contributed by atoms with Crippen LogP contribution in [0.2, 0.25) is 5.02 Å². The lowest BCUT2D eigenvalue weighted by Crippen LogP contribution is -2.30. The molecule has 0 unspecified atom stereocenters. The Morgan fingerprint density at radius 1 is 1.06 bits per heavy atom. The average Bonchev–Trinajstić information content (AvgIpc) is 2.80. The van der Waals surface area contributed by atoms with E-state index >= 15 is 0 Å². The number of esters is 1. The maximum absolute atomic E-state index is 12.9. The fourth-order valence-electron chi connectivity index (χ4n) is 3.98. The number of aromatic nitrogens is 2. The van der Waals surface area contributed by atoms with Gasteiger partial charge in [0, 0.05) is 24.5 Å². The van der Waals surface area contributed by atoms with Crippen LogP contribution in [0.25, 0.3) is 10.9 Å². The fraction of sp³-hybridized carbons (Fsp3) is 0.360. The molecule has 0 saturated carbocycles. The highest BCUT2D eigenvalue weighted by Gasteiger charge is 2.16. The summed E-state index contributed by atoms with van der Waals surface area (Å²) in [6.07, 6.45) is 5.59. The van der Waals surface area contributed by atoms with Crippen LogP contribution in [-0.2, 0) is 28.9 Å². The lowest BCUT2D eigenvalue weighted by atomic mass is 10.1. The van der Waals surface area contributed by atoms with Crippen LogP contribution in [0, 0.1) is 0 Å². The molecule has 1 N–H and O–H groups in total. The Bertz CT molecular complexity index is 1220. The molecular weight excluding hydrogens is 442 g/mol. The van der Waals surface area contributed by atoms with E-state index in [9.17, 15) is 14.4 Å². The van der Waals surface area contributed by atoms with Crippen LogP contribution < -0.4 is 10.9 Å². The minimum atomic E-state index is -0.626. The minimum absolute atomic E-state index is 0.0723. The quantitative estimate of drug-likeness (QED) is 0.558. The van der Waals surface area contributed by atoms with Crippen molar-refractivity contribution >= 4 is 34.4 Å². The molecule has 8 heteroatoms. The number of carbonyl (C=O) groups is 2. The highest BCUT2D eigenvalue weighted by atomic mass is 35.5. The molecule has 3 aromatic rings. The second kappa shape index (κ2) is 10.6. The first-order chi connectivity index (χ1) is 16.0. The summed E-state index contributed by atoms with van der Waals surface area (Å²) in [5.74, 6) is -0.243. The fourth-order valence-corrected chi connectivity index (χ4v) is 4.11. The molecule has 1 aromatic heterocycles. The maximum Gasteiger partial charge on any atom is 0.338 e. The van der Waals surface area contributed by atoms with Gasteiger partial charge < -0.3 is 10.1 Å². The summed E-state index contributed by atoms with van der Waals surface area (Å²) in [5, 5.41) is 3.87. The Kier molecular flexibility index (Phi) is 7.40. The molecule has 0 saturated heterocycles. The monoisotopic (exact) mass is 467 g/mol. The third-order valence-electron chi connectivity index (χ3n) is 5.79. The highest BCUT2D eigenvalue weighted by molar-refractivity contribution is 6.30. The third-order valence-corrected chi connectivity index (χ3v) is 6.04. The number of carbonyl (C=O) groups excluding carboxylic acids is 2.